The Labute approximate surface area is 163 Å². The Balaban J connectivity index is 1.68. The maximum atomic E-state index is 13.2. The second-order valence-corrected chi connectivity index (χ2v) is 7.56. The van der Waals surface area contributed by atoms with Crippen molar-refractivity contribution < 1.29 is 13.9 Å². The van der Waals surface area contributed by atoms with Crippen LogP contribution in [0.1, 0.15) is 54.4 Å². The first-order valence-electron chi connectivity index (χ1n) is 9.38. The van der Waals surface area contributed by atoms with Crippen molar-refractivity contribution in [2.24, 2.45) is 0 Å². The van der Waals surface area contributed by atoms with Crippen molar-refractivity contribution in [1.82, 2.24) is 15.3 Å². The van der Waals surface area contributed by atoms with Gasteiger partial charge in [-0.3, -0.25) is 4.79 Å². The minimum Gasteiger partial charge on any atom is -0.496 e. The fourth-order valence-corrected chi connectivity index (χ4v) is 3.38. The third-order valence-electron chi connectivity index (χ3n) is 5.26. The van der Waals surface area contributed by atoms with Crippen LogP contribution < -0.4 is 15.4 Å². The zero-order valence-electron chi connectivity index (χ0n) is 16.5. The molecule has 0 bridgehead atoms. The summed E-state index contributed by atoms with van der Waals surface area (Å²) in [6.45, 7) is 5.83. The van der Waals surface area contributed by atoms with Crippen LogP contribution in [0.5, 0.6) is 5.75 Å². The van der Waals surface area contributed by atoms with Gasteiger partial charge in [-0.25, -0.2) is 9.97 Å². The van der Waals surface area contributed by atoms with Gasteiger partial charge in [-0.1, -0.05) is 18.2 Å². The average molecular weight is 380 g/mol. The van der Waals surface area contributed by atoms with Crippen LogP contribution in [0.4, 0.5) is 5.82 Å². The second kappa shape index (κ2) is 6.82. The van der Waals surface area contributed by atoms with Crippen LogP contribution >= 0.6 is 0 Å². The number of hydrogen-bond donors (Lipinski definition) is 2. The minimum absolute atomic E-state index is 0.0188. The minimum atomic E-state index is -0.241. The molecule has 7 nitrogen and oxygen atoms in total. The molecule has 1 aliphatic rings. The largest absolute Gasteiger partial charge is 0.496 e. The van der Waals surface area contributed by atoms with Gasteiger partial charge in [-0.2, -0.15) is 0 Å². The molecule has 0 saturated heterocycles. The quantitative estimate of drug-likeness (QED) is 0.672. The molecule has 2 aromatic heterocycles. The number of nitrogens with zero attached hydrogens (tertiary/aromatic N) is 2. The molecule has 3 aromatic rings. The summed E-state index contributed by atoms with van der Waals surface area (Å²) < 4.78 is 11.2. The monoisotopic (exact) mass is 380 g/mol. The number of ether oxygens (including phenoxy) is 1. The van der Waals surface area contributed by atoms with E-state index in [9.17, 15) is 4.79 Å². The van der Waals surface area contributed by atoms with E-state index in [1.807, 2.05) is 31.2 Å². The number of nitrogens with one attached hydrogen (secondary N) is 2. The Kier molecular flexibility index (Phi) is 4.45. The Morgan fingerprint density at radius 3 is 2.75 bits per heavy atom. The summed E-state index contributed by atoms with van der Waals surface area (Å²) in [6.07, 6.45) is 3.60. The molecule has 0 radical (unpaired) electrons. The van der Waals surface area contributed by atoms with E-state index >= 15 is 0 Å². The van der Waals surface area contributed by atoms with E-state index in [1.165, 1.54) is 6.33 Å². The van der Waals surface area contributed by atoms with Crippen LogP contribution in [0.15, 0.2) is 35.0 Å². The molecule has 1 fully saturated rings. The molecule has 146 valence electrons. The number of furan rings is 1. The highest BCUT2D eigenvalue weighted by Crippen LogP contribution is 2.40. The predicted octanol–water partition coefficient (Wildman–Crippen LogP) is 4.00. The standard InChI is InChI=1S/C21H24N4O3/c1-12(14-7-5-6-8-15(14)27-4)24-19(26)16-13(2)28-20-17(16)18(22-11-23-20)25-21(3)9-10-21/h5-8,11-12H,9-10H2,1-4H3,(H,24,26)(H,22,23,25)/t12-/m1/s1. The third-order valence-corrected chi connectivity index (χ3v) is 5.26. The molecule has 1 saturated carbocycles. The summed E-state index contributed by atoms with van der Waals surface area (Å²) in [7, 11) is 1.62. The smallest absolute Gasteiger partial charge is 0.256 e. The SMILES string of the molecule is COc1ccccc1[C@@H](C)NC(=O)c1c(C)oc2ncnc(NC3(C)CC3)c12. The van der Waals surface area contributed by atoms with E-state index in [0.29, 0.717) is 28.2 Å². The van der Waals surface area contributed by atoms with Crippen molar-refractivity contribution in [3.8, 4) is 5.75 Å². The second-order valence-electron chi connectivity index (χ2n) is 7.56. The molecule has 7 heteroatoms. The molecule has 1 atom stereocenters. The zero-order valence-corrected chi connectivity index (χ0v) is 16.5. The van der Waals surface area contributed by atoms with Gasteiger partial charge in [0.2, 0.25) is 5.71 Å². The summed E-state index contributed by atoms with van der Waals surface area (Å²) >= 11 is 0. The van der Waals surface area contributed by atoms with E-state index in [0.717, 1.165) is 24.2 Å². The average Bonchev–Trinajstić information content (AvgIpc) is 3.29. The fraction of sp³-hybridized carbons (Fsp3) is 0.381. The van der Waals surface area contributed by atoms with Gasteiger partial charge in [-0.05, 0) is 39.7 Å². The number of hydrogen-bond acceptors (Lipinski definition) is 6. The maximum Gasteiger partial charge on any atom is 0.256 e. The molecule has 1 aliphatic carbocycles. The van der Waals surface area contributed by atoms with Gasteiger partial charge in [0, 0.05) is 11.1 Å². The van der Waals surface area contributed by atoms with Gasteiger partial charge in [0.15, 0.2) is 0 Å². The highest BCUT2D eigenvalue weighted by Gasteiger charge is 2.38. The Bertz CT molecular complexity index is 1040. The van der Waals surface area contributed by atoms with Crippen LogP contribution in [0.2, 0.25) is 0 Å². The number of methoxy groups -OCH3 is 1. The molecule has 0 spiro atoms. The number of aromatic nitrogens is 2. The summed E-state index contributed by atoms with van der Waals surface area (Å²) in [5.74, 6) is 1.66. The number of aryl methyl sites for hydroxylation is 1. The van der Waals surface area contributed by atoms with Crippen LogP contribution in [-0.4, -0.2) is 28.5 Å². The highest BCUT2D eigenvalue weighted by molar-refractivity contribution is 6.10. The number of anilines is 1. The van der Waals surface area contributed by atoms with Crippen molar-refractivity contribution in [2.45, 2.75) is 45.2 Å². The molecular formula is C21H24N4O3. The zero-order chi connectivity index (χ0) is 19.9. The van der Waals surface area contributed by atoms with E-state index in [2.05, 4.69) is 27.5 Å². The molecule has 0 unspecified atom stereocenters. The van der Waals surface area contributed by atoms with Crippen LogP contribution in [0.25, 0.3) is 11.1 Å². The van der Waals surface area contributed by atoms with Crippen LogP contribution in [0.3, 0.4) is 0 Å². The van der Waals surface area contributed by atoms with Gasteiger partial charge in [-0.15, -0.1) is 0 Å². The number of carbonyl (C=O) groups is 1. The number of para-hydroxylation sites is 1. The first-order valence-corrected chi connectivity index (χ1v) is 9.38. The molecule has 1 amide bonds. The lowest BCUT2D eigenvalue weighted by Crippen LogP contribution is -2.27. The molecular weight excluding hydrogens is 356 g/mol. The first-order chi connectivity index (χ1) is 13.4. The topological polar surface area (TPSA) is 89.3 Å². The summed E-state index contributed by atoms with van der Waals surface area (Å²) in [4.78, 5) is 21.7. The molecule has 2 N–H and O–H groups in total. The van der Waals surface area contributed by atoms with Crippen LogP contribution in [0, 0.1) is 6.92 Å². The first kappa shape index (κ1) is 18.3. The van der Waals surface area contributed by atoms with E-state index in [1.54, 1.807) is 14.0 Å². The molecule has 2 heterocycles. The normalized spacial score (nSPS) is 15.9. The highest BCUT2D eigenvalue weighted by atomic mass is 16.5. The van der Waals surface area contributed by atoms with Gasteiger partial charge in [0.05, 0.1) is 24.1 Å². The van der Waals surface area contributed by atoms with Gasteiger partial charge in [0.1, 0.15) is 23.7 Å². The Hall–Kier alpha value is -3.09. The molecule has 1 aromatic carbocycles. The van der Waals surface area contributed by atoms with Gasteiger partial charge < -0.3 is 19.8 Å². The Morgan fingerprint density at radius 1 is 1.29 bits per heavy atom. The van der Waals surface area contributed by atoms with Gasteiger partial charge in [0.25, 0.3) is 5.91 Å². The fourth-order valence-electron chi connectivity index (χ4n) is 3.38. The van der Waals surface area contributed by atoms with Crippen molar-refractivity contribution >= 4 is 22.8 Å². The van der Waals surface area contributed by atoms with Crippen molar-refractivity contribution in [3.63, 3.8) is 0 Å². The van der Waals surface area contributed by atoms with Crippen molar-refractivity contribution in [2.75, 3.05) is 12.4 Å². The number of fused-ring (bicyclic) bond motifs is 1. The summed E-state index contributed by atoms with van der Waals surface area (Å²) in [6, 6.07) is 7.40. The van der Waals surface area contributed by atoms with Crippen molar-refractivity contribution in [3.05, 3.63) is 47.5 Å². The van der Waals surface area contributed by atoms with Gasteiger partial charge >= 0.3 is 0 Å². The maximum absolute atomic E-state index is 13.2. The van der Waals surface area contributed by atoms with E-state index < -0.39 is 0 Å². The molecule has 28 heavy (non-hydrogen) atoms. The lowest BCUT2D eigenvalue weighted by atomic mass is 10.1. The third kappa shape index (κ3) is 3.28. The summed E-state index contributed by atoms with van der Waals surface area (Å²) in [5.41, 5.74) is 1.80. The van der Waals surface area contributed by atoms with E-state index in [-0.39, 0.29) is 17.5 Å². The van der Waals surface area contributed by atoms with Crippen LogP contribution in [-0.2, 0) is 0 Å². The lowest BCUT2D eigenvalue weighted by molar-refractivity contribution is 0.0939. The summed E-state index contributed by atoms with van der Waals surface area (Å²) in [5, 5.41) is 7.11. The number of amides is 1. The molecule has 0 aliphatic heterocycles. The lowest BCUT2D eigenvalue weighted by Gasteiger charge is -2.17. The van der Waals surface area contributed by atoms with E-state index in [4.69, 9.17) is 9.15 Å². The molecule has 4 rings (SSSR count). The predicted molar refractivity (Wildman–Crippen MR) is 107 cm³/mol. The number of rotatable bonds is 6. The number of carbonyl (C=O) groups excluding carboxylic acids is 1. The Morgan fingerprint density at radius 2 is 2.04 bits per heavy atom. The van der Waals surface area contributed by atoms with Crippen molar-refractivity contribution in [1.29, 1.82) is 0 Å². The number of benzene rings is 1.